The second kappa shape index (κ2) is 6.58. The number of carbonyl (C=O) groups is 2. The maximum Gasteiger partial charge on any atom is 0.247 e. The van der Waals surface area contributed by atoms with Crippen LogP contribution in [0.15, 0.2) is 45.3 Å². The Kier molecular flexibility index (Phi) is 4.52. The minimum absolute atomic E-state index is 0.116. The summed E-state index contributed by atoms with van der Waals surface area (Å²) in [4.78, 5) is 26.7. The monoisotopic (exact) mass is 376 g/mol. The minimum atomic E-state index is -0.622. The fourth-order valence-electron chi connectivity index (χ4n) is 2.77. The van der Waals surface area contributed by atoms with E-state index in [1.165, 1.54) is 0 Å². The third-order valence-electron chi connectivity index (χ3n) is 3.85. The van der Waals surface area contributed by atoms with E-state index in [9.17, 15) is 9.59 Å². The molecule has 0 radical (unpaired) electrons. The topological polar surface area (TPSA) is 62.6 Å². The molecule has 120 valence electrons. The first-order valence-corrected chi connectivity index (χ1v) is 8.22. The fraction of sp³-hybridized carbons (Fsp3) is 0.294. The average Bonchev–Trinajstić information content (AvgIpc) is 2.93. The summed E-state index contributed by atoms with van der Waals surface area (Å²) in [5.41, 5.74) is 0.786. The van der Waals surface area contributed by atoms with Crippen molar-refractivity contribution in [3.05, 3.63) is 58.0 Å². The Balaban J connectivity index is 1.87. The zero-order valence-electron chi connectivity index (χ0n) is 12.7. The van der Waals surface area contributed by atoms with Crippen molar-refractivity contribution in [3.63, 3.8) is 0 Å². The van der Waals surface area contributed by atoms with Crippen LogP contribution in [0.1, 0.15) is 23.1 Å². The average molecular weight is 377 g/mol. The van der Waals surface area contributed by atoms with E-state index in [1.807, 2.05) is 37.3 Å². The molecule has 1 aliphatic heterocycles. The van der Waals surface area contributed by atoms with Crippen LogP contribution in [-0.4, -0.2) is 29.8 Å². The lowest BCUT2D eigenvalue weighted by Gasteiger charge is -2.35. The van der Waals surface area contributed by atoms with Crippen LogP contribution < -0.4 is 5.32 Å². The minimum Gasteiger partial charge on any atom is -0.466 e. The first-order chi connectivity index (χ1) is 11.1. The van der Waals surface area contributed by atoms with Gasteiger partial charge < -0.3 is 14.6 Å². The lowest BCUT2D eigenvalue weighted by molar-refractivity contribution is -0.143. The molecule has 1 aliphatic rings. The molecule has 1 saturated heterocycles. The smallest absolute Gasteiger partial charge is 0.247 e. The number of hydrogen-bond donors (Lipinski definition) is 1. The molecule has 0 spiro atoms. The largest absolute Gasteiger partial charge is 0.466 e. The molecule has 0 saturated carbocycles. The SMILES string of the molecule is Cc1ccc(CC(=O)N2CCNC(=O)C2c2ccccc2Br)o1. The highest BCUT2D eigenvalue weighted by Gasteiger charge is 2.35. The molecule has 3 rings (SSSR count). The maximum absolute atomic E-state index is 12.7. The number of halogens is 1. The van der Waals surface area contributed by atoms with Crippen molar-refractivity contribution in [2.45, 2.75) is 19.4 Å². The van der Waals surface area contributed by atoms with Crippen molar-refractivity contribution in [2.75, 3.05) is 13.1 Å². The van der Waals surface area contributed by atoms with E-state index in [1.54, 1.807) is 11.0 Å². The number of aryl methyl sites for hydroxylation is 1. The molecule has 23 heavy (non-hydrogen) atoms. The van der Waals surface area contributed by atoms with Gasteiger partial charge in [0.25, 0.3) is 0 Å². The standard InChI is InChI=1S/C17H17BrN2O3/c1-11-6-7-12(23-11)10-15(21)20-9-8-19-17(22)16(20)13-4-2-3-5-14(13)18/h2-7,16H,8-10H2,1H3,(H,19,22). The first kappa shape index (κ1) is 15.8. The third kappa shape index (κ3) is 3.32. The molecule has 2 aromatic rings. The van der Waals surface area contributed by atoms with Crippen molar-refractivity contribution in [3.8, 4) is 0 Å². The highest BCUT2D eigenvalue weighted by molar-refractivity contribution is 9.10. The third-order valence-corrected chi connectivity index (χ3v) is 4.58. The molecule has 1 N–H and O–H groups in total. The Morgan fingerprint density at radius 1 is 1.35 bits per heavy atom. The van der Waals surface area contributed by atoms with Crippen molar-refractivity contribution in [1.82, 2.24) is 10.2 Å². The summed E-state index contributed by atoms with van der Waals surface area (Å²) in [5.74, 6) is 1.11. The van der Waals surface area contributed by atoms with Gasteiger partial charge in [-0.25, -0.2) is 0 Å². The number of amides is 2. The summed E-state index contributed by atoms with van der Waals surface area (Å²) in [6.07, 6.45) is 0.155. The zero-order chi connectivity index (χ0) is 16.4. The van der Waals surface area contributed by atoms with Gasteiger partial charge in [-0.2, -0.15) is 0 Å². The lowest BCUT2D eigenvalue weighted by atomic mass is 10.0. The molecule has 1 aromatic heterocycles. The molecule has 2 amide bonds. The van der Waals surface area contributed by atoms with Gasteiger partial charge in [0.2, 0.25) is 11.8 Å². The number of furan rings is 1. The van der Waals surface area contributed by atoms with Gasteiger partial charge >= 0.3 is 0 Å². The molecular weight excluding hydrogens is 360 g/mol. The number of carbonyl (C=O) groups excluding carboxylic acids is 2. The van der Waals surface area contributed by atoms with Gasteiger partial charge in [-0.05, 0) is 30.7 Å². The Morgan fingerprint density at radius 3 is 2.83 bits per heavy atom. The normalized spacial score (nSPS) is 17.9. The van der Waals surface area contributed by atoms with E-state index >= 15 is 0 Å². The van der Waals surface area contributed by atoms with Crippen molar-refractivity contribution < 1.29 is 14.0 Å². The van der Waals surface area contributed by atoms with Gasteiger partial charge in [0.15, 0.2) is 0 Å². The summed E-state index contributed by atoms with van der Waals surface area (Å²) in [5, 5.41) is 2.83. The van der Waals surface area contributed by atoms with Crippen molar-refractivity contribution in [1.29, 1.82) is 0 Å². The van der Waals surface area contributed by atoms with Gasteiger partial charge in [-0.15, -0.1) is 0 Å². The Bertz CT molecular complexity index is 741. The summed E-state index contributed by atoms with van der Waals surface area (Å²) in [6, 6.07) is 10.5. The second-order valence-electron chi connectivity index (χ2n) is 5.49. The van der Waals surface area contributed by atoms with Crippen LogP contribution in [0.2, 0.25) is 0 Å². The molecule has 1 aromatic carbocycles. The van der Waals surface area contributed by atoms with Gasteiger partial charge in [0.1, 0.15) is 17.6 Å². The molecule has 0 aliphatic carbocycles. The summed E-state index contributed by atoms with van der Waals surface area (Å²) in [6.45, 7) is 2.78. The number of hydrogen-bond acceptors (Lipinski definition) is 3. The summed E-state index contributed by atoms with van der Waals surface area (Å²) < 4.78 is 6.29. The van der Waals surface area contributed by atoms with E-state index in [0.717, 1.165) is 15.8 Å². The lowest BCUT2D eigenvalue weighted by Crippen LogP contribution is -2.52. The Labute approximate surface area is 142 Å². The molecule has 2 heterocycles. The van der Waals surface area contributed by atoms with Crippen LogP contribution >= 0.6 is 15.9 Å². The first-order valence-electron chi connectivity index (χ1n) is 7.43. The number of rotatable bonds is 3. The van der Waals surface area contributed by atoms with E-state index < -0.39 is 6.04 Å². The Hall–Kier alpha value is -2.08. The van der Waals surface area contributed by atoms with Crippen LogP contribution in [0.4, 0.5) is 0 Å². The number of nitrogens with zero attached hydrogens (tertiary/aromatic N) is 1. The molecule has 5 nitrogen and oxygen atoms in total. The molecule has 6 heteroatoms. The Morgan fingerprint density at radius 2 is 2.13 bits per heavy atom. The predicted molar refractivity (Wildman–Crippen MR) is 88.8 cm³/mol. The van der Waals surface area contributed by atoms with Crippen molar-refractivity contribution >= 4 is 27.7 Å². The highest BCUT2D eigenvalue weighted by Crippen LogP contribution is 2.30. The van der Waals surface area contributed by atoms with Crippen molar-refractivity contribution in [2.24, 2.45) is 0 Å². The predicted octanol–water partition coefficient (Wildman–Crippen LogP) is 2.59. The van der Waals surface area contributed by atoms with E-state index in [0.29, 0.717) is 18.8 Å². The zero-order valence-corrected chi connectivity index (χ0v) is 14.3. The molecular formula is C17H17BrN2O3. The fourth-order valence-corrected chi connectivity index (χ4v) is 3.27. The van der Waals surface area contributed by atoms with Crippen LogP contribution in [0.5, 0.6) is 0 Å². The van der Waals surface area contributed by atoms with Crippen LogP contribution in [-0.2, 0) is 16.0 Å². The molecule has 1 unspecified atom stereocenters. The summed E-state index contributed by atoms with van der Waals surface area (Å²) in [7, 11) is 0. The van der Waals surface area contributed by atoms with E-state index in [4.69, 9.17) is 4.42 Å². The van der Waals surface area contributed by atoms with Gasteiger partial charge in [-0.1, -0.05) is 34.1 Å². The molecule has 0 bridgehead atoms. The summed E-state index contributed by atoms with van der Waals surface area (Å²) >= 11 is 3.47. The molecule has 1 fully saturated rings. The second-order valence-corrected chi connectivity index (χ2v) is 6.35. The molecule has 1 atom stereocenters. The van der Waals surface area contributed by atoms with Crippen LogP contribution in [0, 0.1) is 6.92 Å². The van der Waals surface area contributed by atoms with E-state index in [2.05, 4.69) is 21.2 Å². The number of nitrogens with one attached hydrogen (secondary N) is 1. The van der Waals surface area contributed by atoms with Gasteiger partial charge in [0, 0.05) is 17.6 Å². The van der Waals surface area contributed by atoms with Gasteiger partial charge in [-0.3, -0.25) is 9.59 Å². The van der Waals surface area contributed by atoms with Gasteiger partial charge in [0.05, 0.1) is 6.42 Å². The number of piperazine rings is 1. The maximum atomic E-state index is 12.7. The van der Waals surface area contributed by atoms with E-state index in [-0.39, 0.29) is 18.2 Å². The highest BCUT2D eigenvalue weighted by atomic mass is 79.9. The number of benzene rings is 1. The van der Waals surface area contributed by atoms with Crippen LogP contribution in [0.3, 0.4) is 0 Å². The van der Waals surface area contributed by atoms with Crippen LogP contribution in [0.25, 0.3) is 0 Å². The quantitative estimate of drug-likeness (QED) is 0.895.